The van der Waals surface area contributed by atoms with Gasteiger partial charge in [-0.1, -0.05) is 65.0 Å². The minimum absolute atomic E-state index is 0.0110. The van der Waals surface area contributed by atoms with Crippen molar-refractivity contribution in [2.75, 3.05) is 10.8 Å². The first kappa shape index (κ1) is 30.7. The van der Waals surface area contributed by atoms with E-state index < -0.39 is 34.3 Å². The van der Waals surface area contributed by atoms with Gasteiger partial charge in [0.1, 0.15) is 18.4 Å². The van der Waals surface area contributed by atoms with E-state index in [4.69, 9.17) is 0 Å². The first-order chi connectivity index (χ1) is 19.5. The van der Waals surface area contributed by atoms with Gasteiger partial charge in [0, 0.05) is 17.1 Å². The van der Waals surface area contributed by atoms with Crippen LogP contribution in [0.25, 0.3) is 0 Å². The number of rotatable bonds is 10. The minimum Gasteiger partial charge on any atom is -0.352 e. The third-order valence-electron chi connectivity index (χ3n) is 7.39. The maximum absolute atomic E-state index is 14.0. The highest BCUT2D eigenvalue weighted by Crippen LogP contribution is 2.26. The van der Waals surface area contributed by atoms with Gasteiger partial charge in [0.25, 0.3) is 10.0 Å². The van der Waals surface area contributed by atoms with Crippen LogP contribution in [0.15, 0.2) is 82.2 Å². The van der Waals surface area contributed by atoms with Crippen LogP contribution in [-0.2, 0) is 26.2 Å². The molecule has 0 unspecified atom stereocenters. The molecule has 0 aliphatic heterocycles. The van der Waals surface area contributed by atoms with Crippen molar-refractivity contribution in [2.24, 2.45) is 0 Å². The summed E-state index contributed by atoms with van der Waals surface area (Å²) in [4.78, 5) is 28.7. The third-order valence-corrected chi connectivity index (χ3v) is 9.70. The molecular weight excluding hydrogens is 609 g/mol. The molecule has 41 heavy (non-hydrogen) atoms. The first-order valence-corrected chi connectivity index (χ1v) is 16.0. The van der Waals surface area contributed by atoms with Gasteiger partial charge < -0.3 is 10.2 Å². The van der Waals surface area contributed by atoms with Gasteiger partial charge in [-0.15, -0.1) is 0 Å². The maximum Gasteiger partial charge on any atom is 0.264 e. The Labute approximate surface area is 249 Å². The standard InChI is InChI=1S/C31H35BrFN3O4S/c1-22-8-18-29(19-9-22)41(39,40)36(28-16-12-25(32)13-17-28)21-30(37)35(20-24-10-14-26(33)15-11-24)23(2)31(38)34-27-6-4-3-5-7-27/h8-19,23,27H,3-7,20-21H2,1-2H3,(H,34,38)/t23-/m1/s1. The predicted octanol–water partition coefficient (Wildman–Crippen LogP) is 5.96. The number of benzene rings is 3. The number of carbonyl (C=O) groups excluding carboxylic acids is 2. The number of hydrogen-bond acceptors (Lipinski definition) is 4. The van der Waals surface area contributed by atoms with Crippen LogP contribution in [0.5, 0.6) is 0 Å². The summed E-state index contributed by atoms with van der Waals surface area (Å²) < 4.78 is 43.2. The fraction of sp³-hybridized carbons (Fsp3) is 0.355. The van der Waals surface area contributed by atoms with Crippen molar-refractivity contribution in [3.63, 3.8) is 0 Å². The van der Waals surface area contributed by atoms with Crippen molar-refractivity contribution < 1.29 is 22.4 Å². The Kier molecular flexibility index (Phi) is 10.2. The zero-order valence-corrected chi connectivity index (χ0v) is 25.6. The highest BCUT2D eigenvalue weighted by Gasteiger charge is 2.33. The van der Waals surface area contributed by atoms with Gasteiger partial charge >= 0.3 is 0 Å². The molecule has 0 aromatic heterocycles. The second-order valence-electron chi connectivity index (χ2n) is 10.5. The summed E-state index contributed by atoms with van der Waals surface area (Å²) in [6.45, 7) is 2.98. The van der Waals surface area contributed by atoms with Crippen molar-refractivity contribution in [1.82, 2.24) is 10.2 Å². The van der Waals surface area contributed by atoms with Crippen molar-refractivity contribution >= 4 is 43.5 Å². The van der Waals surface area contributed by atoms with E-state index in [1.54, 1.807) is 55.5 Å². The van der Waals surface area contributed by atoms with Crippen molar-refractivity contribution in [2.45, 2.75) is 69.5 Å². The number of sulfonamides is 1. The molecule has 1 atom stereocenters. The number of amides is 2. The van der Waals surface area contributed by atoms with E-state index in [0.717, 1.165) is 46.4 Å². The Morgan fingerprint density at radius 3 is 2.17 bits per heavy atom. The van der Waals surface area contributed by atoms with Crippen LogP contribution in [0, 0.1) is 12.7 Å². The number of hydrogen-bond donors (Lipinski definition) is 1. The molecule has 2 amide bonds. The largest absolute Gasteiger partial charge is 0.352 e. The van der Waals surface area contributed by atoms with Gasteiger partial charge in [0.2, 0.25) is 11.8 Å². The molecule has 0 spiro atoms. The summed E-state index contributed by atoms with van der Waals surface area (Å²) in [5.41, 5.74) is 1.83. The molecule has 4 rings (SSSR count). The van der Waals surface area contributed by atoms with Crippen molar-refractivity contribution in [3.05, 3.63) is 94.2 Å². The predicted molar refractivity (Wildman–Crippen MR) is 161 cm³/mol. The lowest BCUT2D eigenvalue weighted by Gasteiger charge is -2.33. The van der Waals surface area contributed by atoms with Crippen LogP contribution in [-0.4, -0.2) is 43.8 Å². The monoisotopic (exact) mass is 643 g/mol. The molecule has 3 aromatic carbocycles. The number of carbonyl (C=O) groups is 2. The van der Waals surface area contributed by atoms with Crippen molar-refractivity contribution in [3.8, 4) is 0 Å². The molecule has 0 bridgehead atoms. The van der Waals surface area contributed by atoms with E-state index in [1.807, 2.05) is 6.92 Å². The van der Waals surface area contributed by atoms with E-state index >= 15 is 0 Å². The molecule has 0 heterocycles. The Bertz CT molecular complexity index is 1440. The van der Waals surface area contributed by atoms with Crippen LogP contribution in [0.4, 0.5) is 10.1 Å². The molecule has 1 fully saturated rings. The zero-order valence-electron chi connectivity index (χ0n) is 23.2. The second-order valence-corrected chi connectivity index (χ2v) is 13.2. The highest BCUT2D eigenvalue weighted by molar-refractivity contribution is 9.10. The van der Waals surface area contributed by atoms with E-state index in [2.05, 4.69) is 21.2 Å². The number of nitrogens with one attached hydrogen (secondary N) is 1. The molecule has 10 heteroatoms. The fourth-order valence-electron chi connectivity index (χ4n) is 4.91. The lowest BCUT2D eigenvalue weighted by molar-refractivity contribution is -0.139. The molecule has 0 radical (unpaired) electrons. The minimum atomic E-state index is -4.14. The highest BCUT2D eigenvalue weighted by atomic mass is 79.9. The quantitative estimate of drug-likeness (QED) is 0.295. The lowest BCUT2D eigenvalue weighted by atomic mass is 9.95. The molecular formula is C31H35BrFN3O4S. The Morgan fingerprint density at radius 2 is 1.56 bits per heavy atom. The SMILES string of the molecule is Cc1ccc(S(=O)(=O)N(CC(=O)N(Cc2ccc(F)cc2)[C@H](C)C(=O)NC2CCCCC2)c2ccc(Br)cc2)cc1. The molecule has 3 aromatic rings. The molecule has 1 aliphatic carbocycles. The average molecular weight is 645 g/mol. The van der Waals surface area contributed by atoms with Crippen LogP contribution in [0.1, 0.15) is 50.2 Å². The zero-order chi connectivity index (χ0) is 29.6. The Hall–Kier alpha value is -3.24. The van der Waals surface area contributed by atoms with Gasteiger partial charge in [-0.2, -0.15) is 0 Å². The smallest absolute Gasteiger partial charge is 0.264 e. The third kappa shape index (κ3) is 7.95. The van der Waals surface area contributed by atoms with Crippen LogP contribution in [0.2, 0.25) is 0 Å². The second kappa shape index (κ2) is 13.6. The molecule has 0 saturated heterocycles. The van der Waals surface area contributed by atoms with Crippen LogP contribution in [0.3, 0.4) is 0 Å². The molecule has 1 aliphatic rings. The molecule has 218 valence electrons. The summed E-state index contributed by atoms with van der Waals surface area (Å²) in [5, 5.41) is 3.07. The molecule has 1 saturated carbocycles. The summed E-state index contributed by atoms with van der Waals surface area (Å²) in [6.07, 6.45) is 4.98. The lowest BCUT2D eigenvalue weighted by Crippen LogP contribution is -2.53. The summed E-state index contributed by atoms with van der Waals surface area (Å²) in [5.74, 6) is -1.27. The Balaban J connectivity index is 1.66. The fourth-order valence-corrected chi connectivity index (χ4v) is 6.59. The maximum atomic E-state index is 14.0. The van der Waals surface area contributed by atoms with Gasteiger partial charge in [-0.3, -0.25) is 13.9 Å². The van der Waals surface area contributed by atoms with Gasteiger partial charge in [-0.25, -0.2) is 12.8 Å². The van der Waals surface area contributed by atoms with Crippen LogP contribution < -0.4 is 9.62 Å². The van der Waals surface area contributed by atoms with E-state index in [-0.39, 0.29) is 23.4 Å². The summed E-state index contributed by atoms with van der Waals surface area (Å²) >= 11 is 3.38. The normalized spacial score (nSPS) is 14.7. The van der Waals surface area contributed by atoms with E-state index in [0.29, 0.717) is 11.3 Å². The van der Waals surface area contributed by atoms with Crippen molar-refractivity contribution in [1.29, 1.82) is 0 Å². The van der Waals surface area contributed by atoms with Gasteiger partial charge in [-0.05, 0) is 80.8 Å². The number of nitrogens with zero attached hydrogens (tertiary/aromatic N) is 2. The first-order valence-electron chi connectivity index (χ1n) is 13.7. The summed E-state index contributed by atoms with van der Waals surface area (Å²) in [6, 6.07) is 17.9. The number of halogens is 2. The topological polar surface area (TPSA) is 86.8 Å². The number of aryl methyl sites for hydroxylation is 1. The van der Waals surface area contributed by atoms with E-state index in [9.17, 15) is 22.4 Å². The summed E-state index contributed by atoms with van der Waals surface area (Å²) in [7, 11) is -4.14. The van der Waals surface area contributed by atoms with Gasteiger partial charge in [0.15, 0.2) is 0 Å². The average Bonchev–Trinajstić information content (AvgIpc) is 2.96. The Morgan fingerprint density at radius 1 is 0.951 bits per heavy atom. The molecule has 1 N–H and O–H groups in total. The number of anilines is 1. The van der Waals surface area contributed by atoms with E-state index in [1.165, 1.54) is 29.2 Å². The van der Waals surface area contributed by atoms with Crippen LogP contribution >= 0.6 is 15.9 Å². The molecule has 7 nitrogen and oxygen atoms in total. The van der Waals surface area contributed by atoms with Gasteiger partial charge in [0.05, 0.1) is 10.6 Å².